The van der Waals surface area contributed by atoms with Gasteiger partial charge in [-0.3, -0.25) is 0 Å². The second kappa shape index (κ2) is 7.28. The Morgan fingerprint density at radius 2 is 1.63 bits per heavy atom. The summed E-state index contributed by atoms with van der Waals surface area (Å²) in [6.07, 6.45) is -4.59. The van der Waals surface area contributed by atoms with Crippen molar-refractivity contribution in [1.82, 2.24) is 9.97 Å². The second-order valence-electron chi connectivity index (χ2n) is 5.38. The quantitative estimate of drug-likeness (QED) is 0.550. The number of benzene rings is 2. The predicted molar refractivity (Wildman–Crippen MR) is 97.4 cm³/mol. The lowest BCUT2D eigenvalue weighted by molar-refractivity contribution is -0.137. The molecule has 0 aliphatic rings. The molecule has 0 saturated heterocycles. The highest BCUT2D eigenvalue weighted by Crippen LogP contribution is 2.38. The van der Waals surface area contributed by atoms with Gasteiger partial charge in [0.15, 0.2) is 11.5 Å². The number of halogens is 5. The molecule has 3 aromatic rings. The van der Waals surface area contributed by atoms with Gasteiger partial charge in [0.25, 0.3) is 0 Å². The van der Waals surface area contributed by atoms with E-state index in [4.69, 9.17) is 32.7 Å². The van der Waals surface area contributed by atoms with Crippen molar-refractivity contribution in [1.29, 1.82) is 0 Å². The van der Waals surface area contributed by atoms with Crippen LogP contribution in [0.5, 0.6) is 11.5 Å². The minimum atomic E-state index is -4.59. The van der Waals surface area contributed by atoms with Crippen LogP contribution >= 0.6 is 23.2 Å². The molecule has 142 valence electrons. The van der Waals surface area contributed by atoms with Crippen LogP contribution in [0.25, 0.3) is 10.9 Å². The van der Waals surface area contributed by atoms with E-state index in [0.717, 1.165) is 12.1 Å². The maximum Gasteiger partial charge on any atom is 0.417 e. The summed E-state index contributed by atoms with van der Waals surface area (Å²) in [6, 6.07) is 6.65. The monoisotopic (exact) mass is 417 g/mol. The Balaban J connectivity index is 2.12. The van der Waals surface area contributed by atoms with E-state index in [9.17, 15) is 13.2 Å². The first-order valence-electron chi connectivity index (χ1n) is 7.46. The molecule has 0 aliphatic carbocycles. The highest BCUT2D eigenvalue weighted by Gasteiger charge is 2.33. The molecule has 0 spiro atoms. The molecule has 0 aliphatic heterocycles. The average molecular weight is 418 g/mol. The number of alkyl halides is 3. The SMILES string of the molecule is COc1cc2nc(Cl)nc(Nc3ccc(Cl)c(C(F)(F)F)c3)c2cc1OC. The van der Waals surface area contributed by atoms with Crippen LogP contribution in [0.2, 0.25) is 10.3 Å². The molecule has 0 fully saturated rings. The van der Waals surface area contributed by atoms with E-state index in [-0.39, 0.29) is 16.8 Å². The van der Waals surface area contributed by atoms with E-state index in [1.165, 1.54) is 20.3 Å². The lowest BCUT2D eigenvalue weighted by Gasteiger charge is -2.14. The highest BCUT2D eigenvalue weighted by atomic mass is 35.5. The Bertz CT molecular complexity index is 1010. The number of rotatable bonds is 4. The number of ether oxygens (including phenoxy) is 2. The summed E-state index contributed by atoms with van der Waals surface area (Å²) in [5, 5.41) is 2.83. The van der Waals surface area contributed by atoms with Gasteiger partial charge in [0.2, 0.25) is 5.28 Å². The van der Waals surface area contributed by atoms with Gasteiger partial charge in [-0.2, -0.15) is 18.2 Å². The van der Waals surface area contributed by atoms with Crippen molar-refractivity contribution in [2.45, 2.75) is 6.18 Å². The van der Waals surface area contributed by atoms with Gasteiger partial charge in [-0.15, -0.1) is 0 Å². The predicted octanol–water partition coefficient (Wildman–Crippen LogP) is 5.72. The fourth-order valence-corrected chi connectivity index (χ4v) is 2.88. The normalized spacial score (nSPS) is 11.5. The van der Waals surface area contributed by atoms with Crippen molar-refractivity contribution >= 4 is 45.6 Å². The molecule has 0 saturated carbocycles. The minimum Gasteiger partial charge on any atom is -0.493 e. The van der Waals surface area contributed by atoms with Crippen LogP contribution in [0.3, 0.4) is 0 Å². The second-order valence-corrected chi connectivity index (χ2v) is 6.13. The van der Waals surface area contributed by atoms with Crippen LogP contribution in [-0.4, -0.2) is 24.2 Å². The topological polar surface area (TPSA) is 56.3 Å². The van der Waals surface area contributed by atoms with Crippen molar-refractivity contribution in [3.8, 4) is 11.5 Å². The van der Waals surface area contributed by atoms with E-state index < -0.39 is 16.8 Å². The molecule has 0 atom stereocenters. The van der Waals surface area contributed by atoms with Crippen LogP contribution in [0, 0.1) is 0 Å². The first kappa shape index (κ1) is 19.3. The third kappa shape index (κ3) is 3.96. The molecule has 27 heavy (non-hydrogen) atoms. The molecular weight excluding hydrogens is 406 g/mol. The van der Waals surface area contributed by atoms with Gasteiger partial charge in [0.05, 0.1) is 30.3 Å². The fraction of sp³-hybridized carbons (Fsp3) is 0.176. The van der Waals surface area contributed by atoms with E-state index in [2.05, 4.69) is 15.3 Å². The molecule has 1 heterocycles. The molecule has 0 radical (unpaired) electrons. The molecule has 1 aromatic heterocycles. The standard InChI is InChI=1S/C17H12Cl2F3N3O2/c1-26-13-6-9-12(7-14(13)27-2)24-16(19)25-15(9)23-8-3-4-11(18)10(5-8)17(20,21)22/h3-7H,1-2H3,(H,23,24,25). The van der Waals surface area contributed by atoms with Gasteiger partial charge >= 0.3 is 6.18 Å². The van der Waals surface area contributed by atoms with Crippen molar-refractivity contribution in [2.24, 2.45) is 0 Å². The summed E-state index contributed by atoms with van der Waals surface area (Å²) < 4.78 is 49.7. The maximum atomic E-state index is 13.1. The highest BCUT2D eigenvalue weighted by molar-refractivity contribution is 6.31. The zero-order valence-corrected chi connectivity index (χ0v) is 15.5. The van der Waals surface area contributed by atoms with E-state index in [1.807, 2.05) is 0 Å². The van der Waals surface area contributed by atoms with E-state index >= 15 is 0 Å². The third-order valence-electron chi connectivity index (χ3n) is 3.71. The van der Waals surface area contributed by atoms with Crippen molar-refractivity contribution in [3.05, 3.63) is 46.2 Å². The first-order chi connectivity index (χ1) is 12.7. The summed E-state index contributed by atoms with van der Waals surface area (Å²) >= 11 is 11.6. The Morgan fingerprint density at radius 3 is 2.26 bits per heavy atom. The van der Waals surface area contributed by atoms with Crippen molar-refractivity contribution in [2.75, 3.05) is 19.5 Å². The molecule has 10 heteroatoms. The van der Waals surface area contributed by atoms with Crippen LogP contribution in [0.1, 0.15) is 5.56 Å². The fourth-order valence-electron chi connectivity index (χ4n) is 2.48. The van der Waals surface area contributed by atoms with Gasteiger partial charge in [-0.05, 0) is 35.9 Å². The Labute approximate surface area is 162 Å². The number of aromatic nitrogens is 2. The van der Waals surface area contributed by atoms with Crippen molar-refractivity contribution < 1.29 is 22.6 Å². The first-order valence-corrected chi connectivity index (χ1v) is 8.21. The minimum absolute atomic E-state index is 0.0813. The molecule has 3 rings (SSSR count). The summed E-state index contributed by atoms with van der Waals surface area (Å²) in [6.45, 7) is 0. The van der Waals surface area contributed by atoms with Crippen LogP contribution < -0.4 is 14.8 Å². The molecule has 0 bridgehead atoms. The largest absolute Gasteiger partial charge is 0.493 e. The van der Waals surface area contributed by atoms with Gasteiger partial charge in [-0.1, -0.05) is 11.6 Å². The number of nitrogens with one attached hydrogen (secondary N) is 1. The average Bonchev–Trinajstić information content (AvgIpc) is 2.61. The smallest absolute Gasteiger partial charge is 0.417 e. The van der Waals surface area contributed by atoms with Gasteiger partial charge in [0.1, 0.15) is 5.82 Å². The summed E-state index contributed by atoms with van der Waals surface area (Å²) in [7, 11) is 2.93. The number of fused-ring (bicyclic) bond motifs is 1. The zero-order chi connectivity index (χ0) is 19.8. The Kier molecular flexibility index (Phi) is 5.21. The van der Waals surface area contributed by atoms with Crippen molar-refractivity contribution in [3.63, 3.8) is 0 Å². The summed E-state index contributed by atoms with van der Waals surface area (Å²) in [5.74, 6) is 1.05. The summed E-state index contributed by atoms with van der Waals surface area (Å²) in [5.41, 5.74) is -0.393. The molecule has 0 unspecified atom stereocenters. The lowest BCUT2D eigenvalue weighted by Crippen LogP contribution is -2.07. The number of hydrogen-bond donors (Lipinski definition) is 1. The molecule has 5 nitrogen and oxygen atoms in total. The molecule has 0 amide bonds. The Morgan fingerprint density at radius 1 is 0.963 bits per heavy atom. The lowest BCUT2D eigenvalue weighted by atomic mass is 10.1. The summed E-state index contributed by atoms with van der Waals surface area (Å²) in [4.78, 5) is 8.18. The van der Waals surface area contributed by atoms with Crippen LogP contribution in [0.4, 0.5) is 24.7 Å². The van der Waals surface area contributed by atoms with Gasteiger partial charge < -0.3 is 14.8 Å². The third-order valence-corrected chi connectivity index (χ3v) is 4.21. The number of methoxy groups -OCH3 is 2. The zero-order valence-electron chi connectivity index (χ0n) is 14.0. The van der Waals surface area contributed by atoms with E-state index in [1.54, 1.807) is 12.1 Å². The van der Waals surface area contributed by atoms with Gasteiger partial charge in [0, 0.05) is 17.1 Å². The van der Waals surface area contributed by atoms with E-state index in [0.29, 0.717) is 22.4 Å². The van der Waals surface area contributed by atoms with Crippen LogP contribution in [0.15, 0.2) is 30.3 Å². The maximum absolute atomic E-state index is 13.1. The molecular formula is C17H12Cl2F3N3O2. The number of anilines is 2. The number of hydrogen-bond acceptors (Lipinski definition) is 5. The molecule has 1 N–H and O–H groups in total. The Hall–Kier alpha value is -2.45. The van der Waals surface area contributed by atoms with Crippen LogP contribution in [-0.2, 0) is 6.18 Å². The number of nitrogens with zero attached hydrogens (tertiary/aromatic N) is 2. The van der Waals surface area contributed by atoms with Gasteiger partial charge in [-0.25, -0.2) is 4.98 Å². The molecule has 2 aromatic carbocycles.